The molecule has 0 aliphatic carbocycles. The Morgan fingerprint density at radius 1 is 1.53 bits per heavy atom. The summed E-state index contributed by atoms with van der Waals surface area (Å²) in [6.45, 7) is 0. The fourth-order valence-electron chi connectivity index (χ4n) is 1.39. The molecule has 0 aliphatic heterocycles. The quantitative estimate of drug-likeness (QED) is 0.826. The van der Waals surface area contributed by atoms with Crippen LogP contribution in [0.2, 0.25) is 0 Å². The summed E-state index contributed by atoms with van der Waals surface area (Å²) in [6.07, 6.45) is 0. The van der Waals surface area contributed by atoms with Gasteiger partial charge in [-0.15, -0.1) is 10.2 Å². The maximum atomic E-state index is 10.8. The number of hydrogen-bond acceptors (Lipinski definition) is 5. The summed E-state index contributed by atoms with van der Waals surface area (Å²) in [6, 6.07) is 4.94. The molecule has 0 aliphatic rings. The molecule has 0 fully saturated rings. The Bertz CT molecular complexity index is 629. The standard InChI is InChI=1S/C11H11BrN4O2S/c1-16-10(13)14-15-11(16)19-5-7-3-2-6(9(17)18)4-8(7)12/h2-4H,5H2,1H3,(H2,13,14)(H,17,18). The van der Waals surface area contributed by atoms with Gasteiger partial charge >= 0.3 is 5.97 Å². The predicted molar refractivity (Wildman–Crippen MR) is 76.1 cm³/mol. The number of carbonyl (C=O) groups is 1. The molecule has 0 saturated carbocycles. The molecule has 100 valence electrons. The summed E-state index contributed by atoms with van der Waals surface area (Å²) < 4.78 is 2.46. The molecule has 19 heavy (non-hydrogen) atoms. The highest BCUT2D eigenvalue weighted by atomic mass is 79.9. The van der Waals surface area contributed by atoms with Crippen molar-refractivity contribution in [3.63, 3.8) is 0 Å². The zero-order valence-electron chi connectivity index (χ0n) is 10.00. The maximum Gasteiger partial charge on any atom is 0.335 e. The lowest BCUT2D eigenvalue weighted by Crippen LogP contribution is -1.99. The molecule has 0 bridgehead atoms. The molecule has 1 aromatic carbocycles. The Balaban J connectivity index is 2.12. The minimum absolute atomic E-state index is 0.253. The number of nitrogens with two attached hydrogens (primary N) is 1. The van der Waals surface area contributed by atoms with Gasteiger partial charge in [-0.3, -0.25) is 4.57 Å². The molecule has 0 unspecified atom stereocenters. The number of anilines is 1. The molecule has 1 heterocycles. The van der Waals surface area contributed by atoms with Crippen molar-refractivity contribution in [1.29, 1.82) is 0 Å². The number of carboxylic acid groups (broad SMARTS) is 1. The van der Waals surface area contributed by atoms with E-state index in [0.29, 0.717) is 16.9 Å². The van der Waals surface area contributed by atoms with Crippen molar-refractivity contribution in [2.45, 2.75) is 10.9 Å². The molecule has 0 atom stereocenters. The molecule has 0 saturated heterocycles. The van der Waals surface area contributed by atoms with Gasteiger partial charge in [-0.1, -0.05) is 33.8 Å². The highest BCUT2D eigenvalue weighted by molar-refractivity contribution is 9.10. The molecule has 2 aromatic rings. The second-order valence-electron chi connectivity index (χ2n) is 3.80. The van der Waals surface area contributed by atoms with Gasteiger partial charge in [0.15, 0.2) is 5.16 Å². The molecule has 0 amide bonds. The largest absolute Gasteiger partial charge is 0.478 e. The monoisotopic (exact) mass is 342 g/mol. The van der Waals surface area contributed by atoms with Gasteiger partial charge in [0, 0.05) is 17.3 Å². The van der Waals surface area contributed by atoms with E-state index >= 15 is 0 Å². The van der Waals surface area contributed by atoms with E-state index in [1.54, 1.807) is 29.8 Å². The first-order valence-electron chi connectivity index (χ1n) is 5.28. The van der Waals surface area contributed by atoms with Gasteiger partial charge in [-0.25, -0.2) is 4.79 Å². The van der Waals surface area contributed by atoms with Crippen molar-refractivity contribution in [2.24, 2.45) is 7.05 Å². The van der Waals surface area contributed by atoms with Crippen LogP contribution in [0, 0.1) is 0 Å². The maximum absolute atomic E-state index is 10.8. The molecule has 0 radical (unpaired) electrons. The number of thioether (sulfide) groups is 1. The third kappa shape index (κ3) is 3.07. The van der Waals surface area contributed by atoms with Crippen molar-refractivity contribution in [3.05, 3.63) is 33.8 Å². The first-order valence-corrected chi connectivity index (χ1v) is 7.06. The van der Waals surface area contributed by atoms with Crippen molar-refractivity contribution < 1.29 is 9.90 Å². The van der Waals surface area contributed by atoms with Crippen LogP contribution in [0.3, 0.4) is 0 Å². The highest BCUT2D eigenvalue weighted by Crippen LogP contribution is 2.27. The van der Waals surface area contributed by atoms with Crippen molar-refractivity contribution in [2.75, 3.05) is 5.73 Å². The van der Waals surface area contributed by atoms with E-state index in [1.165, 1.54) is 11.8 Å². The number of aromatic carboxylic acids is 1. The molecule has 8 heteroatoms. The SMILES string of the molecule is Cn1c(N)nnc1SCc1ccc(C(=O)O)cc1Br. The van der Waals surface area contributed by atoms with Gasteiger partial charge < -0.3 is 10.8 Å². The zero-order valence-corrected chi connectivity index (χ0v) is 12.4. The molecule has 0 spiro atoms. The lowest BCUT2D eigenvalue weighted by atomic mass is 10.1. The highest BCUT2D eigenvalue weighted by Gasteiger charge is 2.10. The first kappa shape index (κ1) is 13.9. The summed E-state index contributed by atoms with van der Waals surface area (Å²) in [4.78, 5) is 10.8. The lowest BCUT2D eigenvalue weighted by molar-refractivity contribution is 0.0697. The lowest BCUT2D eigenvalue weighted by Gasteiger charge is -2.05. The average molecular weight is 343 g/mol. The van der Waals surface area contributed by atoms with E-state index in [9.17, 15) is 4.79 Å². The number of carboxylic acids is 1. The molecular formula is C11H11BrN4O2S. The van der Waals surface area contributed by atoms with E-state index in [1.807, 2.05) is 0 Å². The van der Waals surface area contributed by atoms with Crippen molar-refractivity contribution in [1.82, 2.24) is 14.8 Å². The zero-order chi connectivity index (χ0) is 14.0. The summed E-state index contributed by atoms with van der Waals surface area (Å²) in [5, 5.41) is 17.3. The van der Waals surface area contributed by atoms with Crippen molar-refractivity contribution in [3.8, 4) is 0 Å². The summed E-state index contributed by atoms with van der Waals surface area (Å²) >= 11 is 4.85. The third-order valence-corrected chi connectivity index (χ3v) is 4.33. The number of rotatable bonds is 4. The number of halogens is 1. The number of nitrogens with zero attached hydrogens (tertiary/aromatic N) is 3. The van der Waals surface area contributed by atoms with Gasteiger partial charge in [0.2, 0.25) is 5.95 Å². The fourth-order valence-corrected chi connectivity index (χ4v) is 3.02. The van der Waals surface area contributed by atoms with E-state index in [2.05, 4.69) is 26.1 Å². The second-order valence-corrected chi connectivity index (χ2v) is 5.60. The van der Waals surface area contributed by atoms with E-state index in [4.69, 9.17) is 10.8 Å². The molecule has 6 nitrogen and oxygen atoms in total. The Morgan fingerprint density at radius 2 is 2.26 bits per heavy atom. The number of hydrogen-bond donors (Lipinski definition) is 2. The summed E-state index contributed by atoms with van der Waals surface area (Å²) in [5.41, 5.74) is 6.83. The number of benzene rings is 1. The van der Waals surface area contributed by atoms with Crippen LogP contribution in [-0.4, -0.2) is 25.8 Å². The van der Waals surface area contributed by atoms with Crippen LogP contribution in [0.5, 0.6) is 0 Å². The average Bonchev–Trinajstić information content (AvgIpc) is 2.68. The van der Waals surface area contributed by atoms with E-state index < -0.39 is 5.97 Å². The van der Waals surface area contributed by atoms with Crippen LogP contribution >= 0.6 is 27.7 Å². The van der Waals surface area contributed by atoms with Crippen LogP contribution in [0.25, 0.3) is 0 Å². The second kappa shape index (κ2) is 5.62. The Labute approximate surface area is 122 Å². The Hall–Kier alpha value is -1.54. The van der Waals surface area contributed by atoms with Gasteiger partial charge in [-0.2, -0.15) is 0 Å². The van der Waals surface area contributed by atoms with Crippen LogP contribution in [0.15, 0.2) is 27.8 Å². The molecule has 3 N–H and O–H groups in total. The van der Waals surface area contributed by atoms with Crippen LogP contribution in [0.4, 0.5) is 5.95 Å². The Morgan fingerprint density at radius 3 is 2.79 bits per heavy atom. The normalized spacial score (nSPS) is 10.6. The van der Waals surface area contributed by atoms with Gasteiger partial charge in [-0.05, 0) is 17.7 Å². The Kier molecular flexibility index (Phi) is 4.11. The van der Waals surface area contributed by atoms with Crippen LogP contribution in [-0.2, 0) is 12.8 Å². The predicted octanol–water partition coefficient (Wildman–Crippen LogP) is 2.15. The van der Waals surface area contributed by atoms with Gasteiger partial charge in [0.05, 0.1) is 5.56 Å². The molecule has 1 aromatic heterocycles. The third-order valence-electron chi connectivity index (χ3n) is 2.53. The minimum Gasteiger partial charge on any atom is -0.478 e. The van der Waals surface area contributed by atoms with E-state index in [-0.39, 0.29) is 5.56 Å². The summed E-state index contributed by atoms with van der Waals surface area (Å²) in [7, 11) is 1.79. The number of aromatic nitrogens is 3. The minimum atomic E-state index is -0.944. The summed E-state index contributed by atoms with van der Waals surface area (Å²) in [5.74, 6) is 0.0654. The van der Waals surface area contributed by atoms with E-state index in [0.717, 1.165) is 10.0 Å². The van der Waals surface area contributed by atoms with Crippen LogP contribution in [0.1, 0.15) is 15.9 Å². The topological polar surface area (TPSA) is 94.0 Å². The van der Waals surface area contributed by atoms with Crippen molar-refractivity contribution >= 4 is 39.6 Å². The first-order chi connectivity index (χ1) is 8.99. The van der Waals surface area contributed by atoms with Gasteiger partial charge in [0.1, 0.15) is 0 Å². The number of nitrogen functional groups attached to an aromatic ring is 1. The smallest absolute Gasteiger partial charge is 0.335 e. The van der Waals surface area contributed by atoms with Gasteiger partial charge in [0.25, 0.3) is 0 Å². The molecule has 2 rings (SSSR count). The van der Waals surface area contributed by atoms with Crippen LogP contribution < -0.4 is 5.73 Å². The fraction of sp³-hybridized carbons (Fsp3) is 0.182. The molecular weight excluding hydrogens is 332 g/mol.